The van der Waals surface area contributed by atoms with Crippen LogP contribution in [0.15, 0.2) is 160 Å². The molecular weight excluding hydrogens is 1120 g/mol. The van der Waals surface area contributed by atoms with Crippen molar-refractivity contribution in [2.24, 2.45) is 0 Å². The minimum atomic E-state index is -3.37. The van der Waals surface area contributed by atoms with Crippen LogP contribution in [0.1, 0.15) is 154 Å². The minimum absolute atomic E-state index is 0.352. The van der Waals surface area contributed by atoms with Gasteiger partial charge in [0.15, 0.2) is 39.3 Å². The molecule has 0 saturated heterocycles. The minimum Gasteiger partial charge on any atom is -0.227 e. The van der Waals surface area contributed by atoms with E-state index in [1.54, 1.807) is 16.7 Å². The SMILES string of the molecule is C=C1CC2=C(CC3=C(C2)CC2=C(C3)CC3=C(CC4=C(C3)CC(S(=O)(=O)CCl)C(=C)C4)C2)CC1S(=O)(=O)CCl.C=C1CC2=C(CC3=C(C2)CC2=C(CC4=C(C2)CC2=C(CC(=C)C(S(=O)(=O)CCl)C2)C4)C3)CC1S(=O)(=O)CCl. The van der Waals surface area contributed by atoms with Gasteiger partial charge in [-0.25, -0.2) is 33.7 Å². The summed E-state index contributed by atoms with van der Waals surface area (Å²) in [5.41, 5.74) is 32.1. The van der Waals surface area contributed by atoms with E-state index in [9.17, 15) is 33.7 Å². The van der Waals surface area contributed by atoms with Crippen molar-refractivity contribution < 1.29 is 33.7 Å². The lowest BCUT2D eigenvalue weighted by molar-refractivity contribution is 0.579. The van der Waals surface area contributed by atoms with Crippen LogP contribution in [0.3, 0.4) is 0 Å². The molecule has 0 amide bonds. The van der Waals surface area contributed by atoms with E-state index in [1.807, 2.05) is 0 Å². The third-order valence-electron chi connectivity index (χ3n) is 19.5. The first-order valence-electron chi connectivity index (χ1n) is 26.8. The summed E-state index contributed by atoms with van der Waals surface area (Å²) in [5.74, 6) is 0. The molecule has 0 bridgehead atoms. The summed E-state index contributed by atoms with van der Waals surface area (Å²) in [4.78, 5) is 0. The second-order valence-electron chi connectivity index (χ2n) is 24.1. The number of alkyl halides is 4. The first-order valence-corrected chi connectivity index (χ1v) is 35.8. The molecule has 8 nitrogen and oxygen atoms in total. The zero-order valence-corrected chi connectivity index (χ0v) is 49.6. The molecule has 12 aliphatic rings. The first-order chi connectivity index (χ1) is 36.0. The summed E-state index contributed by atoms with van der Waals surface area (Å²) in [6.45, 7) is 16.5. The highest BCUT2D eigenvalue weighted by atomic mass is 35.5. The number of sulfone groups is 4. The second-order valence-corrected chi connectivity index (χ2v) is 35.2. The molecule has 16 heteroatoms. The van der Waals surface area contributed by atoms with Gasteiger partial charge in [0, 0.05) is 0 Å². The second kappa shape index (κ2) is 20.7. The number of hydrogen-bond acceptors (Lipinski definition) is 8. The van der Waals surface area contributed by atoms with Crippen LogP contribution in [0.25, 0.3) is 0 Å². The molecule has 0 aromatic heterocycles. The van der Waals surface area contributed by atoms with Gasteiger partial charge >= 0.3 is 0 Å². The van der Waals surface area contributed by atoms with E-state index in [1.165, 1.54) is 94.7 Å². The Labute approximate surface area is 471 Å². The van der Waals surface area contributed by atoms with Gasteiger partial charge in [-0.1, -0.05) is 160 Å². The average molecular weight is 1190 g/mol. The number of hydrogen-bond donors (Lipinski definition) is 0. The van der Waals surface area contributed by atoms with Crippen molar-refractivity contribution in [1.29, 1.82) is 0 Å². The molecule has 0 spiro atoms. The third-order valence-corrected chi connectivity index (χ3v) is 29.8. The molecule has 12 aliphatic carbocycles. The van der Waals surface area contributed by atoms with E-state index in [-0.39, 0.29) is 20.8 Å². The molecule has 0 aromatic carbocycles. The zero-order chi connectivity index (χ0) is 54.0. The lowest BCUT2D eigenvalue weighted by atomic mass is 9.67. The normalized spacial score (nSPS) is 28.3. The molecular formula is C60H68Cl4O8S4. The zero-order valence-electron chi connectivity index (χ0n) is 43.3. The smallest absolute Gasteiger partial charge is 0.171 e. The van der Waals surface area contributed by atoms with Gasteiger partial charge in [0.2, 0.25) is 0 Å². The predicted molar refractivity (Wildman–Crippen MR) is 311 cm³/mol. The van der Waals surface area contributed by atoms with Gasteiger partial charge < -0.3 is 0 Å². The fourth-order valence-corrected chi connectivity index (χ4v) is 22.0. The van der Waals surface area contributed by atoms with Gasteiger partial charge in [-0.05, 0) is 154 Å². The summed E-state index contributed by atoms with van der Waals surface area (Å²) in [6, 6.07) is 0. The fourth-order valence-electron chi connectivity index (χ4n) is 15.3. The molecule has 0 N–H and O–H groups in total. The van der Waals surface area contributed by atoms with Crippen LogP contribution in [-0.2, 0) is 39.3 Å². The van der Waals surface area contributed by atoms with Crippen molar-refractivity contribution in [3.05, 3.63) is 160 Å². The molecule has 0 saturated carbocycles. The van der Waals surface area contributed by atoms with Crippen molar-refractivity contribution in [1.82, 2.24) is 0 Å². The monoisotopic (exact) mass is 1180 g/mol. The Morgan fingerprint density at radius 1 is 0.237 bits per heavy atom. The summed E-state index contributed by atoms with van der Waals surface area (Å²) < 4.78 is 101. The van der Waals surface area contributed by atoms with Gasteiger partial charge in [-0.15, -0.1) is 46.4 Å². The van der Waals surface area contributed by atoms with E-state index >= 15 is 0 Å². The highest BCUT2D eigenvalue weighted by Crippen LogP contribution is 2.56. The molecule has 4 unspecified atom stereocenters. The summed E-state index contributed by atoms with van der Waals surface area (Å²) >= 11 is 23.2. The Hall–Kier alpha value is -2.68. The fraction of sp³-hybridized carbons (Fsp3) is 0.533. The van der Waals surface area contributed by atoms with Gasteiger partial charge in [-0.3, -0.25) is 0 Å². The molecule has 0 aliphatic heterocycles. The summed E-state index contributed by atoms with van der Waals surface area (Å²) in [5, 5.41) is -3.61. The Kier molecular flexibility index (Phi) is 15.0. The van der Waals surface area contributed by atoms with Crippen LogP contribution in [0.5, 0.6) is 0 Å². The first kappa shape index (κ1) is 55.2. The van der Waals surface area contributed by atoms with Crippen molar-refractivity contribution in [3.8, 4) is 0 Å². The highest BCUT2D eigenvalue weighted by molar-refractivity contribution is 7.94. The van der Waals surface area contributed by atoms with Crippen molar-refractivity contribution in [3.63, 3.8) is 0 Å². The number of allylic oxidation sites excluding steroid dienone is 20. The largest absolute Gasteiger partial charge is 0.227 e. The quantitative estimate of drug-likeness (QED) is 0.173. The topological polar surface area (TPSA) is 137 Å². The molecule has 4 atom stereocenters. The Balaban J connectivity index is 0.000000162. The maximum absolute atomic E-state index is 12.6. The van der Waals surface area contributed by atoms with E-state index in [0.717, 1.165) is 125 Å². The van der Waals surface area contributed by atoms with Crippen LogP contribution in [-0.4, -0.2) is 75.5 Å². The molecule has 0 heterocycles. The molecule has 12 rings (SSSR count). The van der Waals surface area contributed by atoms with Crippen LogP contribution >= 0.6 is 46.4 Å². The lowest BCUT2D eigenvalue weighted by Gasteiger charge is -2.40. The van der Waals surface area contributed by atoms with E-state index < -0.39 is 60.3 Å². The van der Waals surface area contributed by atoms with Crippen LogP contribution in [0.2, 0.25) is 0 Å². The van der Waals surface area contributed by atoms with Gasteiger partial charge in [-0.2, -0.15) is 0 Å². The van der Waals surface area contributed by atoms with Crippen LogP contribution in [0, 0.1) is 0 Å². The Morgan fingerprint density at radius 3 is 0.487 bits per heavy atom. The standard InChI is InChI=1S/2C30H34Cl2O4S2/c1-17-3-19-5-21-7-23-10-26-12-28-14-30(38(35,36)16-32)18(2)4-20(28)6-22(26)8-24(23)9-25(21)11-27(19)13-29(17)37(33,34)15-31;1-17-3-19-5-21-7-23-8-22-6-20-4-18(2)30(38(35,36)16-32)14-28(20)12-26(22)10-24(23)9-25(21)11-27(19)13-29(17)37(33,34)15-31/h2*29-30H,1-16H2. The van der Waals surface area contributed by atoms with Crippen molar-refractivity contribution >= 4 is 85.8 Å². The molecule has 0 radical (unpaired) electrons. The molecule has 76 heavy (non-hydrogen) atoms. The summed E-state index contributed by atoms with van der Waals surface area (Å²) in [7, 11) is -13.5. The van der Waals surface area contributed by atoms with E-state index in [4.69, 9.17) is 46.4 Å². The van der Waals surface area contributed by atoms with Crippen molar-refractivity contribution in [2.45, 2.75) is 175 Å². The van der Waals surface area contributed by atoms with Crippen LogP contribution < -0.4 is 0 Å². The molecule has 408 valence electrons. The van der Waals surface area contributed by atoms with Gasteiger partial charge in [0.1, 0.15) is 20.8 Å². The van der Waals surface area contributed by atoms with Crippen molar-refractivity contribution in [2.75, 3.05) is 20.8 Å². The van der Waals surface area contributed by atoms with E-state index in [2.05, 4.69) is 26.3 Å². The highest BCUT2D eigenvalue weighted by Gasteiger charge is 2.42. The maximum Gasteiger partial charge on any atom is 0.171 e. The molecule has 0 aromatic rings. The van der Waals surface area contributed by atoms with E-state index in [0.29, 0.717) is 51.4 Å². The Bertz CT molecular complexity index is 3330. The maximum atomic E-state index is 12.6. The van der Waals surface area contributed by atoms with Crippen LogP contribution in [0.4, 0.5) is 0 Å². The van der Waals surface area contributed by atoms with Gasteiger partial charge in [0.05, 0.1) is 21.0 Å². The summed E-state index contributed by atoms with van der Waals surface area (Å²) in [6.07, 6.45) is 20.2. The number of halogens is 4. The van der Waals surface area contributed by atoms with Gasteiger partial charge in [0.25, 0.3) is 0 Å². The Morgan fingerprint density at radius 2 is 0.355 bits per heavy atom. The predicted octanol–water partition coefficient (Wildman–Crippen LogP) is 14.6. The molecule has 0 fully saturated rings. The average Bonchev–Trinajstić information content (AvgIpc) is 3.44. The number of rotatable bonds is 8. The third kappa shape index (κ3) is 10.3. The lowest BCUT2D eigenvalue weighted by Crippen LogP contribution is -2.30.